The number of fused-ring (bicyclic) bond motifs is 1. The number of aromatic nitrogens is 1. The predicted octanol–water partition coefficient (Wildman–Crippen LogP) is 2.55. The third-order valence-corrected chi connectivity index (χ3v) is 6.00. The van der Waals surface area contributed by atoms with E-state index in [2.05, 4.69) is 9.71 Å². The molecule has 3 rings (SSSR count). The quantitative estimate of drug-likeness (QED) is 0.592. The number of ether oxygens (including phenoxy) is 2. The summed E-state index contributed by atoms with van der Waals surface area (Å²) in [5.41, 5.74) is 2.58. The van der Waals surface area contributed by atoms with E-state index >= 15 is 0 Å². The Kier molecular flexibility index (Phi) is 5.71. The largest absolute Gasteiger partial charge is 0.497 e. The number of aryl methyl sites for hydroxylation is 1. The SMILES string of the molecule is COC(=O)C(Cc1c[nH]c2ccc(OC)cc12)NS(=O)(=O)c1ccc(C)cc1. The molecule has 0 bridgehead atoms. The second-order valence-corrected chi connectivity index (χ2v) is 8.15. The Morgan fingerprint density at radius 2 is 1.86 bits per heavy atom. The number of hydrogen-bond donors (Lipinski definition) is 2. The normalized spacial score (nSPS) is 12.7. The summed E-state index contributed by atoms with van der Waals surface area (Å²) in [7, 11) is -1.09. The Hall–Kier alpha value is -2.84. The van der Waals surface area contributed by atoms with Gasteiger partial charge in [-0.2, -0.15) is 4.72 Å². The minimum atomic E-state index is -3.89. The molecule has 2 aromatic carbocycles. The molecule has 0 amide bonds. The number of carbonyl (C=O) groups is 1. The van der Waals surface area contributed by atoms with Gasteiger partial charge in [-0.1, -0.05) is 17.7 Å². The Morgan fingerprint density at radius 3 is 2.50 bits per heavy atom. The monoisotopic (exact) mass is 402 g/mol. The molecule has 0 radical (unpaired) electrons. The zero-order valence-corrected chi connectivity index (χ0v) is 16.7. The van der Waals surface area contributed by atoms with Gasteiger partial charge in [0.05, 0.1) is 19.1 Å². The average molecular weight is 402 g/mol. The van der Waals surface area contributed by atoms with Gasteiger partial charge in [0, 0.05) is 23.5 Å². The molecule has 3 aromatic rings. The first kappa shape index (κ1) is 19.9. The topological polar surface area (TPSA) is 97.5 Å². The number of methoxy groups -OCH3 is 2. The standard InChI is InChI=1S/C20H22N2O5S/c1-13-4-7-16(8-5-13)28(24,25)22-19(20(23)27-3)10-14-12-21-18-9-6-15(26-2)11-17(14)18/h4-9,11-12,19,21-22H,10H2,1-3H3. The lowest BCUT2D eigenvalue weighted by Crippen LogP contribution is -2.42. The fourth-order valence-electron chi connectivity index (χ4n) is 2.96. The molecule has 8 heteroatoms. The molecular weight excluding hydrogens is 380 g/mol. The van der Waals surface area contributed by atoms with Gasteiger partial charge in [0.2, 0.25) is 10.0 Å². The van der Waals surface area contributed by atoms with Gasteiger partial charge < -0.3 is 14.5 Å². The second kappa shape index (κ2) is 8.04. The molecule has 0 saturated heterocycles. The summed E-state index contributed by atoms with van der Waals surface area (Å²) < 4.78 is 38.0. The molecule has 1 heterocycles. The highest BCUT2D eigenvalue weighted by atomic mass is 32.2. The third kappa shape index (κ3) is 4.18. The van der Waals surface area contributed by atoms with Gasteiger partial charge in [-0.3, -0.25) is 4.79 Å². The molecule has 0 aliphatic carbocycles. The number of esters is 1. The molecule has 0 aliphatic rings. The second-order valence-electron chi connectivity index (χ2n) is 6.44. The van der Waals surface area contributed by atoms with Gasteiger partial charge in [0.1, 0.15) is 11.8 Å². The van der Waals surface area contributed by atoms with Crippen LogP contribution in [-0.4, -0.2) is 39.6 Å². The zero-order valence-electron chi connectivity index (χ0n) is 15.9. The summed E-state index contributed by atoms with van der Waals surface area (Å²) in [4.78, 5) is 15.5. The molecule has 2 N–H and O–H groups in total. The van der Waals surface area contributed by atoms with Crippen molar-refractivity contribution in [3.8, 4) is 5.75 Å². The number of sulfonamides is 1. The smallest absolute Gasteiger partial charge is 0.324 e. The lowest BCUT2D eigenvalue weighted by atomic mass is 10.1. The molecule has 148 valence electrons. The van der Waals surface area contributed by atoms with Crippen LogP contribution < -0.4 is 9.46 Å². The van der Waals surface area contributed by atoms with Gasteiger partial charge in [-0.15, -0.1) is 0 Å². The zero-order chi connectivity index (χ0) is 20.3. The number of aromatic amines is 1. The minimum Gasteiger partial charge on any atom is -0.497 e. The van der Waals surface area contributed by atoms with E-state index in [9.17, 15) is 13.2 Å². The van der Waals surface area contributed by atoms with E-state index < -0.39 is 22.0 Å². The van der Waals surface area contributed by atoms with E-state index in [4.69, 9.17) is 9.47 Å². The van der Waals surface area contributed by atoms with Crippen molar-refractivity contribution >= 4 is 26.9 Å². The van der Waals surface area contributed by atoms with E-state index in [1.807, 2.05) is 25.1 Å². The van der Waals surface area contributed by atoms with E-state index in [1.165, 1.54) is 19.2 Å². The van der Waals surface area contributed by atoms with Gasteiger partial charge >= 0.3 is 5.97 Å². The summed E-state index contributed by atoms with van der Waals surface area (Å²) in [6.07, 6.45) is 1.88. The van der Waals surface area contributed by atoms with Crippen LogP contribution >= 0.6 is 0 Å². The molecule has 0 fully saturated rings. The van der Waals surface area contributed by atoms with Crippen LogP contribution in [0.15, 0.2) is 53.6 Å². The summed E-state index contributed by atoms with van der Waals surface area (Å²) in [5.74, 6) is 0.0103. The fourth-order valence-corrected chi connectivity index (χ4v) is 4.15. The summed E-state index contributed by atoms with van der Waals surface area (Å²) in [6.45, 7) is 1.87. The summed E-state index contributed by atoms with van der Waals surface area (Å²) >= 11 is 0. The van der Waals surface area contributed by atoms with Crippen molar-refractivity contribution < 1.29 is 22.7 Å². The van der Waals surface area contributed by atoms with Crippen molar-refractivity contribution in [2.45, 2.75) is 24.3 Å². The molecule has 0 aliphatic heterocycles. The van der Waals surface area contributed by atoms with Crippen LogP contribution in [-0.2, 0) is 26.0 Å². The maximum atomic E-state index is 12.7. The van der Waals surface area contributed by atoms with Crippen LogP contribution in [0.3, 0.4) is 0 Å². The molecule has 28 heavy (non-hydrogen) atoms. The minimum absolute atomic E-state index is 0.0904. The number of carbonyl (C=O) groups excluding carboxylic acids is 1. The molecule has 7 nitrogen and oxygen atoms in total. The number of hydrogen-bond acceptors (Lipinski definition) is 5. The third-order valence-electron chi connectivity index (χ3n) is 4.51. The first-order valence-corrected chi connectivity index (χ1v) is 10.1. The number of rotatable bonds is 7. The van der Waals surface area contributed by atoms with Crippen LogP contribution in [0, 0.1) is 6.92 Å². The first-order valence-electron chi connectivity index (χ1n) is 8.65. The average Bonchev–Trinajstić information content (AvgIpc) is 3.09. The molecular formula is C20H22N2O5S. The highest BCUT2D eigenvalue weighted by molar-refractivity contribution is 7.89. The Labute approximate surface area is 163 Å². The Morgan fingerprint density at radius 1 is 1.14 bits per heavy atom. The number of nitrogens with one attached hydrogen (secondary N) is 2. The van der Waals surface area contributed by atoms with E-state index in [0.29, 0.717) is 5.75 Å². The van der Waals surface area contributed by atoms with Crippen LogP contribution in [0.5, 0.6) is 5.75 Å². The highest BCUT2D eigenvalue weighted by Gasteiger charge is 2.27. The van der Waals surface area contributed by atoms with E-state index in [0.717, 1.165) is 22.0 Å². The van der Waals surface area contributed by atoms with Crippen molar-refractivity contribution in [3.05, 3.63) is 59.8 Å². The van der Waals surface area contributed by atoms with Crippen molar-refractivity contribution in [2.75, 3.05) is 14.2 Å². The lowest BCUT2D eigenvalue weighted by Gasteiger charge is -2.16. The van der Waals surface area contributed by atoms with E-state index in [1.54, 1.807) is 25.4 Å². The molecule has 0 spiro atoms. The van der Waals surface area contributed by atoms with Crippen LogP contribution in [0.2, 0.25) is 0 Å². The molecule has 1 unspecified atom stereocenters. The Balaban J connectivity index is 1.91. The maximum absolute atomic E-state index is 12.7. The van der Waals surface area contributed by atoms with Gasteiger partial charge in [-0.25, -0.2) is 8.42 Å². The van der Waals surface area contributed by atoms with Gasteiger partial charge in [0.15, 0.2) is 0 Å². The number of benzene rings is 2. The molecule has 1 atom stereocenters. The number of H-pyrrole nitrogens is 1. The van der Waals surface area contributed by atoms with Crippen LogP contribution in [0.25, 0.3) is 10.9 Å². The molecule has 0 saturated carbocycles. The van der Waals surface area contributed by atoms with Crippen molar-refractivity contribution in [1.82, 2.24) is 9.71 Å². The van der Waals surface area contributed by atoms with Crippen molar-refractivity contribution in [2.24, 2.45) is 0 Å². The maximum Gasteiger partial charge on any atom is 0.324 e. The predicted molar refractivity (Wildman–Crippen MR) is 106 cm³/mol. The van der Waals surface area contributed by atoms with Gasteiger partial charge in [0.25, 0.3) is 0 Å². The van der Waals surface area contributed by atoms with Crippen molar-refractivity contribution in [3.63, 3.8) is 0 Å². The highest BCUT2D eigenvalue weighted by Crippen LogP contribution is 2.25. The Bertz CT molecular complexity index is 1090. The first-order chi connectivity index (χ1) is 13.3. The van der Waals surface area contributed by atoms with Crippen molar-refractivity contribution in [1.29, 1.82) is 0 Å². The summed E-state index contributed by atoms with van der Waals surface area (Å²) in [6, 6.07) is 10.9. The fraction of sp³-hybridized carbons (Fsp3) is 0.250. The summed E-state index contributed by atoms with van der Waals surface area (Å²) in [5, 5.41) is 0.850. The van der Waals surface area contributed by atoms with Crippen LogP contribution in [0.1, 0.15) is 11.1 Å². The molecule has 1 aromatic heterocycles. The van der Waals surface area contributed by atoms with Crippen LogP contribution in [0.4, 0.5) is 0 Å². The van der Waals surface area contributed by atoms with E-state index in [-0.39, 0.29) is 11.3 Å². The lowest BCUT2D eigenvalue weighted by molar-refractivity contribution is -0.142. The van der Waals surface area contributed by atoms with Gasteiger partial charge in [-0.05, 0) is 42.8 Å².